The molecule has 0 atom stereocenters. The molecular weight excluding hydrogens is 1020 g/mol. The van der Waals surface area contributed by atoms with Gasteiger partial charge in [0.2, 0.25) is 5.71 Å². The van der Waals surface area contributed by atoms with Crippen molar-refractivity contribution in [1.29, 1.82) is 0 Å². The molecule has 0 N–H and O–H groups in total. The van der Waals surface area contributed by atoms with Crippen molar-refractivity contribution in [3.05, 3.63) is 175 Å². The van der Waals surface area contributed by atoms with Crippen molar-refractivity contribution in [3.63, 3.8) is 0 Å². The average Bonchev–Trinajstić information content (AvgIpc) is 4.04. The predicted octanol–water partition coefficient (Wildman–Crippen LogP) is 14.8. The first-order valence-corrected chi connectivity index (χ1v) is 22.7. The second-order valence-electron chi connectivity index (χ2n) is 18.6. The summed E-state index contributed by atoms with van der Waals surface area (Å²) in [7, 11) is 0. The van der Waals surface area contributed by atoms with Crippen LogP contribution in [-0.4, -0.2) is 34.5 Å². The molecule has 0 fully saturated rings. The molecule has 68 heavy (non-hydrogen) atoms. The minimum absolute atomic E-state index is 0. The summed E-state index contributed by atoms with van der Waals surface area (Å²) in [4.78, 5) is 28.4. The molecule has 6 heterocycles. The van der Waals surface area contributed by atoms with Gasteiger partial charge in [0.1, 0.15) is 23.0 Å². The molecule has 0 saturated carbocycles. The number of pyridine rings is 1. The summed E-state index contributed by atoms with van der Waals surface area (Å²) in [5.41, 5.74) is 14.8. The zero-order chi connectivity index (χ0) is 46.0. The SMILES string of the molecule is CC(C)(C)c1ccnc(-c2[c-]cccc2)n1.CC(C)c1cc(-c2ccccc2)cc(C(C)C)c1-n1c(-c2[c-]ccc3c2oc2cc4c(nc23)oc2ccccc24)nc2ccc3cncnc3c21.[Ir]. The topological polar surface area (TPSA) is 109 Å². The summed E-state index contributed by atoms with van der Waals surface area (Å²) in [6.45, 7) is 15.5. The van der Waals surface area contributed by atoms with Gasteiger partial charge in [0.25, 0.3) is 0 Å². The molecule has 9 nitrogen and oxygen atoms in total. The molecule has 0 aliphatic carbocycles. The van der Waals surface area contributed by atoms with Gasteiger partial charge in [0.15, 0.2) is 0 Å². The van der Waals surface area contributed by atoms with Gasteiger partial charge in [0.05, 0.1) is 39.2 Å². The monoisotopic (exact) mass is 1070 g/mol. The molecule has 0 unspecified atom stereocenters. The van der Waals surface area contributed by atoms with Gasteiger partial charge in [-0.2, -0.15) is 0 Å². The number of furan rings is 2. The Bertz CT molecular complexity index is 3780. The number of fused-ring (bicyclic) bond motifs is 9. The second kappa shape index (κ2) is 17.7. The first-order chi connectivity index (χ1) is 32.5. The van der Waals surface area contributed by atoms with Crippen LogP contribution in [0.4, 0.5) is 0 Å². The van der Waals surface area contributed by atoms with Crippen molar-refractivity contribution in [3.8, 4) is 39.6 Å². The van der Waals surface area contributed by atoms with Crippen molar-refractivity contribution in [2.45, 2.75) is 65.7 Å². The Labute approximate surface area is 407 Å². The van der Waals surface area contributed by atoms with Crippen LogP contribution in [-0.2, 0) is 25.5 Å². The third-order valence-corrected chi connectivity index (χ3v) is 12.4. The van der Waals surface area contributed by atoms with Crippen LogP contribution in [0.2, 0.25) is 0 Å². The van der Waals surface area contributed by atoms with Gasteiger partial charge in [-0.05, 0) is 81.9 Å². The van der Waals surface area contributed by atoms with Gasteiger partial charge in [-0.1, -0.05) is 103 Å². The summed E-state index contributed by atoms with van der Waals surface area (Å²) in [5.74, 6) is 1.88. The molecule has 0 spiro atoms. The molecule has 6 aromatic heterocycles. The van der Waals surface area contributed by atoms with Crippen LogP contribution in [0.15, 0.2) is 155 Å². The molecule has 12 aromatic rings. The molecule has 0 aliphatic heterocycles. The second-order valence-corrected chi connectivity index (χ2v) is 18.6. The number of hydrogen-bond donors (Lipinski definition) is 0. The quantitative estimate of drug-likeness (QED) is 0.152. The molecule has 12 rings (SSSR count). The van der Waals surface area contributed by atoms with E-state index in [0.29, 0.717) is 16.9 Å². The smallest absolute Gasteiger partial charge is 0.228 e. The first kappa shape index (κ1) is 44.4. The predicted molar refractivity (Wildman–Crippen MR) is 269 cm³/mol. The van der Waals surface area contributed by atoms with E-state index in [1.807, 2.05) is 85.2 Å². The third kappa shape index (κ3) is 7.83. The molecule has 0 amide bonds. The van der Waals surface area contributed by atoms with E-state index in [1.54, 1.807) is 6.33 Å². The molecule has 0 aliphatic rings. The summed E-state index contributed by atoms with van der Waals surface area (Å²) in [6.07, 6.45) is 5.28. The Balaban J connectivity index is 0.000000270. The molecule has 0 bridgehead atoms. The van der Waals surface area contributed by atoms with Gasteiger partial charge >= 0.3 is 0 Å². The van der Waals surface area contributed by atoms with Gasteiger partial charge < -0.3 is 13.4 Å². The van der Waals surface area contributed by atoms with E-state index in [2.05, 4.69) is 135 Å². The van der Waals surface area contributed by atoms with Crippen molar-refractivity contribution in [2.75, 3.05) is 0 Å². The standard InChI is InChI=1S/C44H32N5O2.C14H15N2.Ir/c1-24(2)32-19-28(26-11-6-5-7-12-26)20-33(25(3)4)40(32)49-41-35(18-17-27-22-45-23-46-38(27)41)47-43(49)31-15-10-14-30-39-37(50-42(30)31)21-34-29-13-8-9-16-36(29)51-44(34)48-39;1-14(2,3)12-9-10-15-13(16-12)11-7-5-4-6-8-11;/h5-14,16-25H,1-4H3;4-7,9-10H,1-3H3;/q2*-1;. The largest absolute Gasteiger partial charge is 0.499 e. The minimum Gasteiger partial charge on any atom is -0.499 e. The summed E-state index contributed by atoms with van der Waals surface area (Å²) >= 11 is 0. The van der Waals surface area contributed by atoms with E-state index in [9.17, 15) is 0 Å². The Morgan fingerprint density at radius 2 is 1.40 bits per heavy atom. The number of hydrogen-bond acceptors (Lipinski definition) is 8. The van der Waals surface area contributed by atoms with Gasteiger partial charge in [-0.3, -0.25) is 15.0 Å². The van der Waals surface area contributed by atoms with Crippen LogP contribution in [0.5, 0.6) is 0 Å². The first-order valence-electron chi connectivity index (χ1n) is 22.7. The van der Waals surface area contributed by atoms with E-state index >= 15 is 0 Å². The minimum atomic E-state index is 0. The van der Waals surface area contributed by atoms with Gasteiger partial charge in [-0.15, -0.1) is 54.1 Å². The normalized spacial score (nSPS) is 11.9. The van der Waals surface area contributed by atoms with E-state index in [1.165, 1.54) is 22.3 Å². The fourth-order valence-electron chi connectivity index (χ4n) is 9.00. The van der Waals surface area contributed by atoms with Crippen LogP contribution >= 0.6 is 0 Å². The fourth-order valence-corrected chi connectivity index (χ4v) is 9.00. The Hall–Kier alpha value is -7.39. The Kier molecular flexibility index (Phi) is 11.6. The molecule has 10 heteroatoms. The van der Waals surface area contributed by atoms with Crippen molar-refractivity contribution in [1.82, 2.24) is 34.5 Å². The van der Waals surface area contributed by atoms with Crippen LogP contribution in [0.1, 0.15) is 77.1 Å². The van der Waals surface area contributed by atoms with Crippen molar-refractivity contribution < 1.29 is 28.9 Å². The Morgan fingerprint density at radius 1 is 0.632 bits per heavy atom. The van der Waals surface area contributed by atoms with Crippen LogP contribution < -0.4 is 0 Å². The summed E-state index contributed by atoms with van der Waals surface area (Å²) < 4.78 is 15.2. The number of imidazole rings is 1. The molecular formula is C58H47IrN7O2-2. The molecule has 1 radical (unpaired) electrons. The Morgan fingerprint density at radius 3 is 2.15 bits per heavy atom. The average molecular weight is 1070 g/mol. The maximum absolute atomic E-state index is 6.76. The summed E-state index contributed by atoms with van der Waals surface area (Å²) in [5, 5.41) is 3.74. The summed E-state index contributed by atoms with van der Waals surface area (Å²) in [6, 6.07) is 49.8. The van der Waals surface area contributed by atoms with Crippen LogP contribution in [0.3, 0.4) is 0 Å². The number of para-hydroxylation sites is 1. The maximum atomic E-state index is 6.76. The van der Waals surface area contributed by atoms with E-state index < -0.39 is 0 Å². The van der Waals surface area contributed by atoms with Crippen LogP contribution in [0, 0.1) is 12.1 Å². The van der Waals surface area contributed by atoms with Gasteiger partial charge in [-0.25, -0.2) is 15.0 Å². The molecule has 6 aromatic carbocycles. The number of nitrogens with zero attached hydrogens (tertiary/aromatic N) is 7. The van der Waals surface area contributed by atoms with E-state index in [4.69, 9.17) is 23.8 Å². The van der Waals surface area contributed by atoms with Crippen molar-refractivity contribution >= 4 is 66.1 Å². The van der Waals surface area contributed by atoms with Gasteiger partial charge in [0, 0.05) is 60.1 Å². The zero-order valence-corrected chi connectivity index (χ0v) is 41.2. The van der Waals surface area contributed by atoms with Crippen LogP contribution in [0.25, 0.3) is 106 Å². The number of benzene rings is 6. The number of aromatic nitrogens is 7. The van der Waals surface area contributed by atoms with E-state index in [-0.39, 0.29) is 37.4 Å². The molecule has 337 valence electrons. The maximum Gasteiger partial charge on any atom is 0.228 e. The molecule has 0 saturated heterocycles. The zero-order valence-electron chi connectivity index (χ0n) is 38.8. The third-order valence-electron chi connectivity index (χ3n) is 12.4. The fraction of sp³-hybridized carbons (Fsp3) is 0.172. The number of rotatable bonds is 6. The van der Waals surface area contributed by atoms with Crippen molar-refractivity contribution in [2.24, 2.45) is 0 Å². The van der Waals surface area contributed by atoms with E-state index in [0.717, 1.165) is 83.4 Å².